The van der Waals surface area contributed by atoms with Crippen LogP contribution in [0.2, 0.25) is 0 Å². The van der Waals surface area contributed by atoms with E-state index >= 15 is 0 Å². The predicted octanol–water partition coefficient (Wildman–Crippen LogP) is 4.38. The van der Waals surface area contributed by atoms with Crippen LogP contribution >= 0.6 is 0 Å². The molecule has 1 heterocycles. The summed E-state index contributed by atoms with van der Waals surface area (Å²) >= 11 is 0. The van der Waals surface area contributed by atoms with Crippen LogP contribution in [0.1, 0.15) is 33.9 Å². The van der Waals surface area contributed by atoms with Gasteiger partial charge in [-0.1, -0.05) is 48.0 Å². The van der Waals surface area contributed by atoms with E-state index < -0.39 is 12.1 Å². The molecular formula is C28H30N4O4. The predicted molar refractivity (Wildman–Crippen MR) is 139 cm³/mol. The Hall–Kier alpha value is -4.17. The molecule has 1 aliphatic heterocycles. The Bertz CT molecular complexity index is 1240. The Morgan fingerprint density at radius 2 is 1.81 bits per heavy atom. The number of benzene rings is 3. The number of carbonyl (C=O) groups excluding carboxylic acids is 3. The van der Waals surface area contributed by atoms with Gasteiger partial charge in [0.1, 0.15) is 5.75 Å². The van der Waals surface area contributed by atoms with E-state index in [1.54, 1.807) is 54.4 Å². The van der Waals surface area contributed by atoms with Crippen molar-refractivity contribution in [3.63, 3.8) is 0 Å². The summed E-state index contributed by atoms with van der Waals surface area (Å²) in [7, 11) is 3.55. The lowest BCUT2D eigenvalue weighted by atomic mass is 10.0. The monoisotopic (exact) mass is 486 g/mol. The highest BCUT2D eigenvalue weighted by molar-refractivity contribution is 6.05. The van der Waals surface area contributed by atoms with Gasteiger partial charge in [0.05, 0.1) is 23.8 Å². The second-order valence-corrected chi connectivity index (χ2v) is 8.79. The molecule has 186 valence electrons. The number of rotatable bonds is 6. The van der Waals surface area contributed by atoms with E-state index in [-0.39, 0.29) is 18.2 Å². The van der Waals surface area contributed by atoms with Gasteiger partial charge in [-0.05, 0) is 49.9 Å². The number of anilines is 2. The van der Waals surface area contributed by atoms with E-state index in [2.05, 4.69) is 10.6 Å². The van der Waals surface area contributed by atoms with Crippen molar-refractivity contribution in [2.45, 2.75) is 19.4 Å². The summed E-state index contributed by atoms with van der Waals surface area (Å²) in [6, 6.07) is 20.9. The summed E-state index contributed by atoms with van der Waals surface area (Å²) in [5.74, 6) is -0.0433. The van der Waals surface area contributed by atoms with Crippen molar-refractivity contribution in [1.29, 1.82) is 0 Å². The number of nitrogens with zero attached hydrogens (tertiary/aromatic N) is 2. The lowest BCUT2D eigenvalue weighted by Crippen LogP contribution is -2.37. The minimum Gasteiger partial charge on any atom is -0.410 e. The number of para-hydroxylation sites is 1. The fourth-order valence-corrected chi connectivity index (χ4v) is 4.14. The van der Waals surface area contributed by atoms with E-state index in [1.807, 2.05) is 44.3 Å². The number of likely N-dealkylation sites (N-methyl/N-ethyl adjacent to an activating group) is 2. The molecule has 0 spiro atoms. The van der Waals surface area contributed by atoms with Gasteiger partial charge in [-0.2, -0.15) is 0 Å². The largest absolute Gasteiger partial charge is 0.420 e. The maximum absolute atomic E-state index is 13.6. The highest BCUT2D eigenvalue weighted by Gasteiger charge is 2.35. The standard InChI is InChI=1S/C28H30N4O4/c1-19-9-11-20(12-10-19)25-18-26(33)30-23-17-21(27(34)31(3)16-15-29-2)13-14-24(23)32(25)28(35)36-22-7-5-4-6-8-22/h4-14,17,25,29H,15-16,18H2,1-3H3,(H,30,33). The summed E-state index contributed by atoms with van der Waals surface area (Å²) in [6.07, 6.45) is -0.581. The summed E-state index contributed by atoms with van der Waals surface area (Å²) in [5.41, 5.74) is 3.13. The molecule has 0 fully saturated rings. The first-order valence-corrected chi connectivity index (χ1v) is 11.8. The number of nitrogens with one attached hydrogen (secondary N) is 2. The Labute approximate surface area is 210 Å². The van der Waals surface area contributed by atoms with Gasteiger partial charge < -0.3 is 20.3 Å². The fraction of sp³-hybridized carbons (Fsp3) is 0.250. The molecule has 1 aliphatic rings. The van der Waals surface area contributed by atoms with Crippen molar-refractivity contribution in [2.24, 2.45) is 0 Å². The van der Waals surface area contributed by atoms with Gasteiger partial charge in [-0.15, -0.1) is 0 Å². The van der Waals surface area contributed by atoms with Crippen LogP contribution in [-0.4, -0.2) is 50.0 Å². The highest BCUT2D eigenvalue weighted by atomic mass is 16.6. The fourth-order valence-electron chi connectivity index (χ4n) is 4.14. The van der Waals surface area contributed by atoms with E-state index in [0.717, 1.165) is 11.1 Å². The maximum Gasteiger partial charge on any atom is 0.420 e. The zero-order chi connectivity index (χ0) is 25.7. The Morgan fingerprint density at radius 3 is 2.50 bits per heavy atom. The first kappa shape index (κ1) is 24.9. The van der Waals surface area contributed by atoms with Crippen LogP contribution < -0.4 is 20.3 Å². The molecule has 8 heteroatoms. The second kappa shape index (κ2) is 11.0. The average Bonchev–Trinajstić information content (AvgIpc) is 3.03. The van der Waals surface area contributed by atoms with E-state index in [4.69, 9.17) is 4.74 Å². The third-order valence-electron chi connectivity index (χ3n) is 6.12. The van der Waals surface area contributed by atoms with E-state index in [1.165, 1.54) is 4.90 Å². The Morgan fingerprint density at radius 1 is 1.08 bits per heavy atom. The van der Waals surface area contributed by atoms with Crippen LogP contribution in [0.5, 0.6) is 5.75 Å². The number of hydrogen-bond donors (Lipinski definition) is 2. The molecule has 0 saturated heterocycles. The van der Waals surface area contributed by atoms with Crippen molar-refractivity contribution in [2.75, 3.05) is 37.4 Å². The first-order valence-electron chi connectivity index (χ1n) is 11.8. The normalized spacial score (nSPS) is 14.9. The van der Waals surface area contributed by atoms with Crippen molar-refractivity contribution >= 4 is 29.3 Å². The van der Waals surface area contributed by atoms with Crippen LogP contribution in [0, 0.1) is 6.92 Å². The molecule has 0 aliphatic carbocycles. The van der Waals surface area contributed by atoms with Crippen LogP contribution in [0.4, 0.5) is 16.2 Å². The van der Waals surface area contributed by atoms with Gasteiger partial charge in [0, 0.05) is 25.7 Å². The number of carbonyl (C=O) groups is 3. The van der Waals surface area contributed by atoms with Gasteiger partial charge in [-0.25, -0.2) is 4.79 Å². The van der Waals surface area contributed by atoms with Crippen molar-refractivity contribution in [1.82, 2.24) is 10.2 Å². The molecule has 0 aromatic heterocycles. The molecule has 1 atom stereocenters. The number of hydrogen-bond acceptors (Lipinski definition) is 5. The maximum atomic E-state index is 13.6. The van der Waals surface area contributed by atoms with Crippen molar-refractivity contribution in [3.05, 3.63) is 89.5 Å². The number of amides is 3. The number of aryl methyl sites for hydroxylation is 1. The van der Waals surface area contributed by atoms with Gasteiger partial charge in [0.25, 0.3) is 5.91 Å². The summed E-state index contributed by atoms with van der Waals surface area (Å²) in [5, 5.41) is 5.91. The Kier molecular flexibility index (Phi) is 7.65. The summed E-state index contributed by atoms with van der Waals surface area (Å²) in [6.45, 7) is 3.16. The van der Waals surface area contributed by atoms with Crippen LogP contribution in [0.3, 0.4) is 0 Å². The molecule has 0 bridgehead atoms. The van der Waals surface area contributed by atoms with Gasteiger partial charge in [-0.3, -0.25) is 14.5 Å². The smallest absolute Gasteiger partial charge is 0.410 e. The number of fused-ring (bicyclic) bond motifs is 1. The molecular weight excluding hydrogens is 456 g/mol. The van der Waals surface area contributed by atoms with Crippen LogP contribution in [0.15, 0.2) is 72.8 Å². The second-order valence-electron chi connectivity index (χ2n) is 8.79. The van der Waals surface area contributed by atoms with Gasteiger partial charge in [0.15, 0.2) is 0 Å². The third kappa shape index (κ3) is 5.55. The minimum absolute atomic E-state index is 0.0347. The van der Waals surface area contributed by atoms with Crippen LogP contribution in [-0.2, 0) is 4.79 Å². The minimum atomic E-state index is -0.616. The SMILES string of the molecule is CNCCN(C)C(=O)c1ccc2c(c1)NC(=O)CC(c1ccc(C)cc1)N2C(=O)Oc1ccccc1. The molecule has 2 N–H and O–H groups in total. The van der Waals surface area contributed by atoms with Crippen LogP contribution in [0.25, 0.3) is 0 Å². The van der Waals surface area contributed by atoms with Gasteiger partial charge in [0.2, 0.25) is 5.91 Å². The van der Waals surface area contributed by atoms with Crippen molar-refractivity contribution in [3.8, 4) is 5.75 Å². The molecule has 36 heavy (non-hydrogen) atoms. The molecule has 1 unspecified atom stereocenters. The van der Waals surface area contributed by atoms with E-state index in [9.17, 15) is 14.4 Å². The summed E-state index contributed by atoms with van der Waals surface area (Å²) < 4.78 is 5.70. The summed E-state index contributed by atoms with van der Waals surface area (Å²) in [4.78, 5) is 42.6. The zero-order valence-electron chi connectivity index (χ0n) is 20.7. The molecule has 4 rings (SSSR count). The highest BCUT2D eigenvalue weighted by Crippen LogP contribution is 2.39. The molecule has 0 radical (unpaired) electrons. The zero-order valence-corrected chi connectivity index (χ0v) is 20.7. The van der Waals surface area contributed by atoms with E-state index in [0.29, 0.717) is 35.8 Å². The molecule has 0 saturated carbocycles. The third-order valence-corrected chi connectivity index (χ3v) is 6.12. The average molecular weight is 487 g/mol. The lowest BCUT2D eigenvalue weighted by Gasteiger charge is -2.30. The lowest BCUT2D eigenvalue weighted by molar-refractivity contribution is -0.116. The topological polar surface area (TPSA) is 91.0 Å². The molecule has 3 aromatic carbocycles. The number of ether oxygens (including phenoxy) is 1. The first-order chi connectivity index (χ1) is 17.4. The molecule has 3 aromatic rings. The van der Waals surface area contributed by atoms with Gasteiger partial charge >= 0.3 is 6.09 Å². The molecule has 3 amide bonds. The quantitative estimate of drug-likeness (QED) is 0.540. The Balaban J connectivity index is 1.76. The molecule has 8 nitrogen and oxygen atoms in total. The van der Waals surface area contributed by atoms with Crippen molar-refractivity contribution < 1.29 is 19.1 Å².